The first-order valence-corrected chi connectivity index (χ1v) is 3.08. The summed E-state index contributed by atoms with van der Waals surface area (Å²) in [6, 6.07) is 0.546. The third-order valence-corrected chi connectivity index (χ3v) is 1.85. The Morgan fingerprint density at radius 1 is 1.57 bits per heavy atom. The van der Waals surface area contributed by atoms with Crippen molar-refractivity contribution in [1.29, 1.82) is 0 Å². The molecule has 0 atom stereocenters. The first-order chi connectivity index (χ1) is 3.33. The number of nitrogens with two attached hydrogens (primary N) is 1. The van der Waals surface area contributed by atoms with Gasteiger partial charge in [-0.25, -0.2) is 0 Å². The lowest BCUT2D eigenvalue weighted by atomic mass is 9.79. The topological polar surface area (TPSA) is 26.0 Å². The van der Waals surface area contributed by atoms with Crippen molar-refractivity contribution in [3.05, 3.63) is 0 Å². The van der Waals surface area contributed by atoms with Crippen molar-refractivity contribution in [2.75, 3.05) is 0 Å². The van der Waals surface area contributed by atoms with Gasteiger partial charge in [0.15, 0.2) is 0 Å². The molecule has 0 saturated heterocycles. The van der Waals surface area contributed by atoms with Crippen LogP contribution in [-0.4, -0.2) is 6.04 Å². The van der Waals surface area contributed by atoms with Crippen molar-refractivity contribution in [2.45, 2.75) is 32.2 Å². The molecule has 0 aliphatic heterocycles. The van der Waals surface area contributed by atoms with E-state index in [1.54, 1.807) is 0 Å². The minimum Gasteiger partial charge on any atom is -0.328 e. The predicted octanol–water partition coefficient (Wildman–Crippen LogP) is 1.13. The van der Waals surface area contributed by atoms with E-state index in [-0.39, 0.29) is 0 Å². The number of hydrogen-bond acceptors (Lipinski definition) is 1. The quantitative estimate of drug-likeness (QED) is 0.524. The summed E-state index contributed by atoms with van der Waals surface area (Å²) in [4.78, 5) is 0. The summed E-state index contributed by atoms with van der Waals surface area (Å²) in [5.74, 6) is 0.968. The van der Waals surface area contributed by atoms with Crippen molar-refractivity contribution < 1.29 is 0 Å². The van der Waals surface area contributed by atoms with E-state index in [4.69, 9.17) is 5.73 Å². The van der Waals surface area contributed by atoms with E-state index in [0.717, 1.165) is 5.92 Å². The minimum atomic E-state index is 0.546. The van der Waals surface area contributed by atoms with E-state index < -0.39 is 0 Å². The molecule has 1 aliphatic carbocycles. The minimum absolute atomic E-state index is 0.546. The van der Waals surface area contributed by atoms with E-state index in [9.17, 15) is 0 Å². The van der Waals surface area contributed by atoms with Gasteiger partial charge < -0.3 is 5.73 Å². The molecule has 1 heteroatoms. The van der Waals surface area contributed by atoms with E-state index in [2.05, 4.69) is 6.92 Å². The molecular formula is C6H13N. The molecule has 1 saturated carbocycles. The lowest BCUT2D eigenvalue weighted by Crippen LogP contribution is -2.35. The van der Waals surface area contributed by atoms with Gasteiger partial charge in [-0.05, 0) is 18.8 Å². The molecule has 0 aromatic carbocycles. The van der Waals surface area contributed by atoms with Crippen molar-refractivity contribution in [2.24, 2.45) is 11.7 Å². The zero-order valence-electron chi connectivity index (χ0n) is 4.85. The number of rotatable bonds is 1. The van der Waals surface area contributed by atoms with Gasteiger partial charge in [0, 0.05) is 6.04 Å². The summed E-state index contributed by atoms with van der Waals surface area (Å²) in [6.07, 6.45) is 3.88. The first-order valence-electron chi connectivity index (χ1n) is 3.08. The zero-order chi connectivity index (χ0) is 5.28. The van der Waals surface area contributed by atoms with Crippen molar-refractivity contribution >= 4 is 0 Å². The van der Waals surface area contributed by atoms with Crippen LogP contribution >= 0.6 is 0 Å². The molecule has 42 valence electrons. The molecule has 0 radical (unpaired) electrons. The Morgan fingerprint density at radius 3 is 2.29 bits per heavy atom. The maximum Gasteiger partial charge on any atom is 0.00441 e. The van der Waals surface area contributed by atoms with Gasteiger partial charge in [0.25, 0.3) is 0 Å². The Hall–Kier alpha value is -0.0400. The standard InChI is InChI=1S/C6H13N/c1-2-5-3-6(7)4-5/h5-6H,2-4,7H2,1H3/t5-,6+. The van der Waals surface area contributed by atoms with Crippen LogP contribution in [0.15, 0.2) is 0 Å². The van der Waals surface area contributed by atoms with Crippen LogP contribution in [0.3, 0.4) is 0 Å². The lowest BCUT2D eigenvalue weighted by Gasteiger charge is -2.31. The van der Waals surface area contributed by atoms with Gasteiger partial charge in [-0.2, -0.15) is 0 Å². The molecule has 0 aromatic heterocycles. The number of hydrogen-bond donors (Lipinski definition) is 1. The van der Waals surface area contributed by atoms with Crippen LogP contribution in [0.5, 0.6) is 0 Å². The largest absolute Gasteiger partial charge is 0.328 e. The van der Waals surface area contributed by atoms with Crippen LogP contribution in [0, 0.1) is 5.92 Å². The normalized spacial score (nSPS) is 40.3. The molecule has 1 aliphatic rings. The van der Waals surface area contributed by atoms with Crippen LogP contribution in [0.25, 0.3) is 0 Å². The molecule has 0 heterocycles. The summed E-state index contributed by atoms with van der Waals surface area (Å²) < 4.78 is 0. The van der Waals surface area contributed by atoms with Crippen molar-refractivity contribution in [3.8, 4) is 0 Å². The van der Waals surface area contributed by atoms with Gasteiger partial charge in [-0.15, -0.1) is 0 Å². The van der Waals surface area contributed by atoms with Crippen LogP contribution in [0.4, 0.5) is 0 Å². The maximum absolute atomic E-state index is 5.54. The smallest absolute Gasteiger partial charge is 0.00441 e. The average molecular weight is 99.2 g/mol. The average Bonchev–Trinajstić information content (AvgIpc) is 1.58. The van der Waals surface area contributed by atoms with E-state index in [0.29, 0.717) is 6.04 Å². The van der Waals surface area contributed by atoms with Gasteiger partial charge in [0.2, 0.25) is 0 Å². The highest BCUT2D eigenvalue weighted by atomic mass is 14.7. The highest BCUT2D eigenvalue weighted by Gasteiger charge is 2.23. The van der Waals surface area contributed by atoms with Crippen LogP contribution in [0.2, 0.25) is 0 Å². The van der Waals surface area contributed by atoms with Crippen molar-refractivity contribution in [3.63, 3.8) is 0 Å². The second kappa shape index (κ2) is 1.83. The SMILES string of the molecule is CC[C@H]1C[C@@H](N)C1. The summed E-state index contributed by atoms with van der Waals surface area (Å²) in [6.45, 7) is 2.23. The fourth-order valence-corrected chi connectivity index (χ4v) is 1.12. The molecule has 1 fully saturated rings. The lowest BCUT2D eigenvalue weighted by molar-refractivity contribution is 0.258. The molecule has 7 heavy (non-hydrogen) atoms. The molecule has 0 bridgehead atoms. The van der Waals surface area contributed by atoms with Gasteiger partial charge in [0.1, 0.15) is 0 Å². The maximum atomic E-state index is 5.54. The van der Waals surface area contributed by atoms with Crippen LogP contribution in [-0.2, 0) is 0 Å². The summed E-state index contributed by atoms with van der Waals surface area (Å²) in [7, 11) is 0. The molecule has 0 aromatic rings. The highest BCUT2D eigenvalue weighted by molar-refractivity contribution is 4.80. The van der Waals surface area contributed by atoms with Gasteiger partial charge in [-0.3, -0.25) is 0 Å². The molecule has 1 nitrogen and oxygen atoms in total. The molecule has 0 spiro atoms. The Labute approximate surface area is 44.9 Å². The Bertz CT molecular complexity index is 55.2. The molecule has 0 unspecified atom stereocenters. The predicted molar refractivity (Wildman–Crippen MR) is 31.0 cm³/mol. The Kier molecular flexibility index (Phi) is 1.33. The fraction of sp³-hybridized carbons (Fsp3) is 1.00. The summed E-state index contributed by atoms with van der Waals surface area (Å²) >= 11 is 0. The van der Waals surface area contributed by atoms with Gasteiger partial charge in [-0.1, -0.05) is 13.3 Å². The molecule has 0 amide bonds. The zero-order valence-corrected chi connectivity index (χ0v) is 4.85. The second-order valence-corrected chi connectivity index (χ2v) is 2.51. The third-order valence-electron chi connectivity index (χ3n) is 1.85. The first kappa shape index (κ1) is 5.10. The fourth-order valence-electron chi connectivity index (χ4n) is 1.12. The monoisotopic (exact) mass is 99.1 g/mol. The molecule has 2 N–H and O–H groups in total. The van der Waals surface area contributed by atoms with Crippen LogP contribution < -0.4 is 5.73 Å². The van der Waals surface area contributed by atoms with Gasteiger partial charge >= 0.3 is 0 Å². The Morgan fingerprint density at radius 2 is 2.14 bits per heavy atom. The molecule has 1 rings (SSSR count). The van der Waals surface area contributed by atoms with E-state index >= 15 is 0 Å². The highest BCUT2D eigenvalue weighted by Crippen LogP contribution is 2.27. The van der Waals surface area contributed by atoms with Crippen LogP contribution in [0.1, 0.15) is 26.2 Å². The summed E-state index contributed by atoms with van der Waals surface area (Å²) in [5, 5.41) is 0. The molecular weight excluding hydrogens is 86.1 g/mol. The van der Waals surface area contributed by atoms with Crippen molar-refractivity contribution in [1.82, 2.24) is 0 Å². The second-order valence-electron chi connectivity index (χ2n) is 2.51. The Balaban J connectivity index is 2.06. The van der Waals surface area contributed by atoms with E-state index in [1.807, 2.05) is 0 Å². The third kappa shape index (κ3) is 0.942. The van der Waals surface area contributed by atoms with E-state index in [1.165, 1.54) is 19.3 Å². The van der Waals surface area contributed by atoms with Gasteiger partial charge in [0.05, 0.1) is 0 Å². The summed E-state index contributed by atoms with van der Waals surface area (Å²) in [5.41, 5.74) is 5.54.